The van der Waals surface area contributed by atoms with Crippen LogP contribution in [0.25, 0.3) is 0 Å². The third-order valence-corrected chi connectivity index (χ3v) is 3.24. The van der Waals surface area contributed by atoms with E-state index in [1.807, 2.05) is 0 Å². The molecule has 0 aliphatic carbocycles. The molecule has 1 saturated heterocycles. The number of carbonyl (C=O) groups is 1. The average molecular weight is 268 g/mol. The summed E-state index contributed by atoms with van der Waals surface area (Å²) in [6, 6.07) is 2.54. The number of rotatable bonds is 3. The van der Waals surface area contributed by atoms with Crippen molar-refractivity contribution >= 4 is 11.6 Å². The van der Waals surface area contributed by atoms with Gasteiger partial charge >= 0.3 is 0 Å². The highest BCUT2D eigenvalue weighted by Gasteiger charge is 2.32. The molecule has 0 spiro atoms. The van der Waals surface area contributed by atoms with Gasteiger partial charge in [-0.25, -0.2) is 4.39 Å². The Kier molecular flexibility index (Phi) is 3.75. The molecule has 0 radical (unpaired) electrons. The molecule has 1 aliphatic heterocycles. The van der Waals surface area contributed by atoms with Crippen molar-refractivity contribution < 1.29 is 19.2 Å². The lowest BCUT2D eigenvalue weighted by molar-refractivity contribution is -0.385. The second-order valence-electron chi connectivity index (χ2n) is 4.40. The van der Waals surface area contributed by atoms with Crippen LogP contribution in [0.2, 0.25) is 0 Å². The van der Waals surface area contributed by atoms with Crippen LogP contribution in [0.3, 0.4) is 0 Å². The van der Waals surface area contributed by atoms with Gasteiger partial charge in [0.2, 0.25) is 0 Å². The van der Waals surface area contributed by atoms with Gasteiger partial charge in [0.25, 0.3) is 11.6 Å². The topological polar surface area (TPSA) is 83.7 Å². The number of aliphatic hydroxyl groups is 1. The first-order valence-electron chi connectivity index (χ1n) is 5.90. The molecule has 1 heterocycles. The Morgan fingerprint density at radius 2 is 2.32 bits per heavy atom. The Morgan fingerprint density at radius 3 is 2.95 bits per heavy atom. The fourth-order valence-corrected chi connectivity index (χ4v) is 2.28. The second kappa shape index (κ2) is 5.31. The molecule has 0 unspecified atom stereocenters. The summed E-state index contributed by atoms with van der Waals surface area (Å²) in [7, 11) is 0. The minimum atomic E-state index is -0.777. The average Bonchev–Trinajstić information content (AvgIpc) is 2.86. The highest BCUT2D eigenvalue weighted by Crippen LogP contribution is 2.25. The fraction of sp³-hybridized carbons (Fsp3) is 0.417. The first-order valence-corrected chi connectivity index (χ1v) is 5.90. The molecule has 1 aromatic carbocycles. The van der Waals surface area contributed by atoms with Crippen molar-refractivity contribution in [2.24, 2.45) is 0 Å². The molecule has 0 bridgehead atoms. The fourth-order valence-electron chi connectivity index (χ4n) is 2.28. The van der Waals surface area contributed by atoms with E-state index in [4.69, 9.17) is 5.11 Å². The van der Waals surface area contributed by atoms with Crippen molar-refractivity contribution in [2.45, 2.75) is 18.9 Å². The number of amides is 1. The van der Waals surface area contributed by atoms with Crippen LogP contribution in [0.5, 0.6) is 0 Å². The van der Waals surface area contributed by atoms with Gasteiger partial charge in [0.1, 0.15) is 11.4 Å². The van der Waals surface area contributed by atoms with Gasteiger partial charge in [-0.3, -0.25) is 14.9 Å². The molecular weight excluding hydrogens is 255 g/mol. The zero-order chi connectivity index (χ0) is 14.0. The summed E-state index contributed by atoms with van der Waals surface area (Å²) >= 11 is 0. The Hall–Kier alpha value is -2.02. The third kappa shape index (κ3) is 2.55. The van der Waals surface area contributed by atoms with E-state index in [0.717, 1.165) is 24.6 Å². The molecule has 1 amide bonds. The number of likely N-dealkylation sites (tertiary alicyclic amines) is 1. The number of hydrogen-bond donors (Lipinski definition) is 1. The van der Waals surface area contributed by atoms with E-state index >= 15 is 0 Å². The van der Waals surface area contributed by atoms with E-state index in [1.165, 1.54) is 4.90 Å². The van der Waals surface area contributed by atoms with Gasteiger partial charge in [0, 0.05) is 6.54 Å². The number of aliphatic hydroxyl groups excluding tert-OH is 1. The molecule has 102 valence electrons. The molecule has 19 heavy (non-hydrogen) atoms. The Labute approximate surface area is 108 Å². The normalized spacial score (nSPS) is 18.6. The summed E-state index contributed by atoms with van der Waals surface area (Å²) in [6.07, 6.45) is 1.41. The second-order valence-corrected chi connectivity index (χ2v) is 4.40. The zero-order valence-corrected chi connectivity index (χ0v) is 10.1. The summed E-state index contributed by atoms with van der Waals surface area (Å²) in [6.45, 7) is 0.263. The summed E-state index contributed by atoms with van der Waals surface area (Å²) in [4.78, 5) is 23.7. The minimum Gasteiger partial charge on any atom is -0.394 e. The number of benzene rings is 1. The van der Waals surface area contributed by atoms with Gasteiger partial charge in [-0.05, 0) is 25.0 Å². The van der Waals surface area contributed by atoms with Crippen LogP contribution in [-0.2, 0) is 0 Å². The van der Waals surface area contributed by atoms with Gasteiger partial charge in [-0.15, -0.1) is 0 Å². The van der Waals surface area contributed by atoms with E-state index in [0.29, 0.717) is 13.0 Å². The quantitative estimate of drug-likeness (QED) is 0.662. The molecule has 1 aromatic rings. The largest absolute Gasteiger partial charge is 0.394 e. The van der Waals surface area contributed by atoms with Crippen molar-refractivity contribution in [3.8, 4) is 0 Å². The molecule has 2 rings (SSSR count). The third-order valence-electron chi connectivity index (χ3n) is 3.24. The number of nitro groups is 1. The van der Waals surface area contributed by atoms with Gasteiger partial charge in [-0.1, -0.05) is 0 Å². The lowest BCUT2D eigenvalue weighted by Crippen LogP contribution is -2.37. The van der Waals surface area contributed by atoms with Crippen LogP contribution in [0, 0.1) is 15.9 Å². The van der Waals surface area contributed by atoms with Crippen LogP contribution in [-0.4, -0.2) is 40.0 Å². The predicted octanol–water partition coefficient (Wildman–Crippen LogP) is 1.33. The highest BCUT2D eigenvalue weighted by molar-refractivity contribution is 5.98. The van der Waals surface area contributed by atoms with Crippen molar-refractivity contribution in [3.05, 3.63) is 39.7 Å². The van der Waals surface area contributed by atoms with Crippen LogP contribution in [0.1, 0.15) is 23.2 Å². The summed E-state index contributed by atoms with van der Waals surface area (Å²) in [5, 5.41) is 20.0. The van der Waals surface area contributed by atoms with E-state index in [9.17, 15) is 19.3 Å². The lowest BCUT2D eigenvalue weighted by atomic mass is 10.1. The monoisotopic (exact) mass is 268 g/mol. The SMILES string of the molecule is O=C(c1ccc(F)cc1[N+](=O)[O-])N1CCC[C@H]1CO. The smallest absolute Gasteiger partial charge is 0.285 e. The van der Waals surface area contributed by atoms with E-state index in [1.54, 1.807) is 0 Å². The Morgan fingerprint density at radius 1 is 1.58 bits per heavy atom. The number of hydrogen-bond acceptors (Lipinski definition) is 4. The Bertz CT molecular complexity index is 520. The molecular formula is C12H13FN2O4. The molecule has 0 aromatic heterocycles. The van der Waals surface area contributed by atoms with Crippen LogP contribution >= 0.6 is 0 Å². The van der Waals surface area contributed by atoms with Crippen molar-refractivity contribution in [3.63, 3.8) is 0 Å². The van der Waals surface area contributed by atoms with Crippen molar-refractivity contribution in [1.29, 1.82) is 0 Å². The molecule has 1 fully saturated rings. The van der Waals surface area contributed by atoms with E-state index in [-0.39, 0.29) is 18.2 Å². The molecule has 1 aliphatic rings. The van der Waals surface area contributed by atoms with Crippen LogP contribution in [0.4, 0.5) is 10.1 Å². The van der Waals surface area contributed by atoms with Crippen molar-refractivity contribution in [2.75, 3.05) is 13.2 Å². The first-order chi connectivity index (χ1) is 9.04. The predicted molar refractivity (Wildman–Crippen MR) is 64.2 cm³/mol. The first kappa shape index (κ1) is 13.4. The van der Waals surface area contributed by atoms with Gasteiger partial charge in [-0.2, -0.15) is 0 Å². The summed E-state index contributed by atoms with van der Waals surface area (Å²) in [5.74, 6) is -1.30. The number of nitro benzene ring substituents is 1. The van der Waals surface area contributed by atoms with Crippen LogP contribution < -0.4 is 0 Å². The summed E-state index contributed by atoms with van der Waals surface area (Å²) in [5.41, 5.74) is -0.694. The number of carbonyl (C=O) groups excluding carboxylic acids is 1. The van der Waals surface area contributed by atoms with Crippen LogP contribution in [0.15, 0.2) is 18.2 Å². The highest BCUT2D eigenvalue weighted by atomic mass is 19.1. The molecule has 1 atom stereocenters. The maximum absolute atomic E-state index is 13.0. The lowest BCUT2D eigenvalue weighted by Gasteiger charge is -2.22. The number of nitrogens with zero attached hydrogens (tertiary/aromatic N) is 2. The molecule has 1 N–H and O–H groups in total. The maximum atomic E-state index is 13.0. The molecule has 0 saturated carbocycles. The molecule has 7 heteroatoms. The van der Waals surface area contributed by atoms with Gasteiger partial charge in [0.05, 0.1) is 23.6 Å². The van der Waals surface area contributed by atoms with Crippen molar-refractivity contribution in [1.82, 2.24) is 4.90 Å². The minimum absolute atomic E-state index is 0.147. The Balaban J connectivity index is 2.36. The maximum Gasteiger partial charge on any atom is 0.285 e. The zero-order valence-electron chi connectivity index (χ0n) is 10.1. The van der Waals surface area contributed by atoms with E-state index in [2.05, 4.69) is 0 Å². The van der Waals surface area contributed by atoms with Gasteiger partial charge in [0.15, 0.2) is 0 Å². The van der Waals surface area contributed by atoms with Gasteiger partial charge < -0.3 is 10.0 Å². The standard InChI is InChI=1S/C12H13FN2O4/c13-8-3-4-10(11(6-8)15(18)19)12(17)14-5-1-2-9(14)7-16/h3-4,6,9,16H,1-2,5,7H2/t9-/m0/s1. The molecule has 6 nitrogen and oxygen atoms in total. The van der Waals surface area contributed by atoms with E-state index < -0.39 is 22.3 Å². The number of halogens is 1. The summed E-state index contributed by atoms with van der Waals surface area (Å²) < 4.78 is 13.0.